The standard InChI is InChI=1S/C19H30F3N5O.HI/c1-14(2)13-27-9-6-16(7-10-27)26-18(23-3)24-8-11-28-17-5-4-15(12-25-17)19(20,21)22;/h4-5,12,14,16H,6-11,13H2,1-3H3,(H2,23,24,26);1H. The Bertz CT molecular complexity index is 617. The van der Waals surface area contributed by atoms with Gasteiger partial charge in [0, 0.05) is 45.0 Å². The number of nitrogens with one attached hydrogen (secondary N) is 2. The number of alkyl halides is 3. The van der Waals surface area contributed by atoms with Crippen LogP contribution in [-0.4, -0.2) is 61.7 Å². The average molecular weight is 529 g/mol. The summed E-state index contributed by atoms with van der Waals surface area (Å²) in [5.74, 6) is 1.54. The normalized spacial score (nSPS) is 16.4. The SMILES string of the molecule is CN=C(NCCOc1ccc(C(F)(F)F)cn1)NC1CCN(CC(C)C)CC1.I. The molecule has 1 saturated heterocycles. The summed E-state index contributed by atoms with van der Waals surface area (Å²) in [6.45, 7) is 8.50. The molecule has 10 heteroatoms. The summed E-state index contributed by atoms with van der Waals surface area (Å²) in [4.78, 5) is 10.4. The van der Waals surface area contributed by atoms with Gasteiger partial charge in [0.25, 0.3) is 0 Å². The van der Waals surface area contributed by atoms with Crippen molar-refractivity contribution < 1.29 is 17.9 Å². The van der Waals surface area contributed by atoms with Gasteiger partial charge >= 0.3 is 6.18 Å². The van der Waals surface area contributed by atoms with Gasteiger partial charge in [-0.2, -0.15) is 13.2 Å². The molecule has 1 aromatic heterocycles. The lowest BCUT2D eigenvalue weighted by molar-refractivity contribution is -0.137. The van der Waals surface area contributed by atoms with E-state index in [2.05, 4.69) is 39.4 Å². The highest BCUT2D eigenvalue weighted by Crippen LogP contribution is 2.29. The zero-order valence-electron chi connectivity index (χ0n) is 17.1. The average Bonchev–Trinajstić information content (AvgIpc) is 2.65. The van der Waals surface area contributed by atoms with E-state index in [0.717, 1.165) is 44.7 Å². The van der Waals surface area contributed by atoms with Gasteiger partial charge in [-0.15, -0.1) is 24.0 Å². The number of halogens is 4. The van der Waals surface area contributed by atoms with Crippen LogP contribution in [-0.2, 0) is 6.18 Å². The lowest BCUT2D eigenvalue weighted by Gasteiger charge is -2.33. The van der Waals surface area contributed by atoms with E-state index in [4.69, 9.17) is 4.74 Å². The van der Waals surface area contributed by atoms with E-state index < -0.39 is 11.7 Å². The molecular formula is C19H31F3IN5O. The second kappa shape index (κ2) is 12.4. The smallest absolute Gasteiger partial charge is 0.417 e. The fraction of sp³-hybridized carbons (Fsp3) is 0.684. The molecule has 1 aromatic rings. The molecule has 2 N–H and O–H groups in total. The van der Waals surface area contributed by atoms with Crippen LogP contribution >= 0.6 is 24.0 Å². The first-order chi connectivity index (χ1) is 13.3. The Morgan fingerprint density at radius 2 is 2.00 bits per heavy atom. The summed E-state index contributed by atoms with van der Waals surface area (Å²) < 4.78 is 42.9. The fourth-order valence-electron chi connectivity index (χ4n) is 3.12. The lowest BCUT2D eigenvalue weighted by atomic mass is 10.0. The van der Waals surface area contributed by atoms with E-state index in [-0.39, 0.29) is 36.5 Å². The van der Waals surface area contributed by atoms with E-state index in [9.17, 15) is 13.2 Å². The second-order valence-corrected chi connectivity index (χ2v) is 7.34. The molecular weight excluding hydrogens is 498 g/mol. The highest BCUT2D eigenvalue weighted by atomic mass is 127. The van der Waals surface area contributed by atoms with Crippen molar-refractivity contribution >= 4 is 29.9 Å². The lowest BCUT2D eigenvalue weighted by Crippen LogP contribution is -2.49. The van der Waals surface area contributed by atoms with Gasteiger partial charge in [0.1, 0.15) is 6.61 Å². The molecule has 0 unspecified atom stereocenters. The van der Waals surface area contributed by atoms with Crippen molar-refractivity contribution in [2.24, 2.45) is 10.9 Å². The van der Waals surface area contributed by atoms with Crippen LogP contribution in [0.15, 0.2) is 23.3 Å². The number of hydrogen-bond acceptors (Lipinski definition) is 4. The predicted octanol–water partition coefficient (Wildman–Crippen LogP) is 3.38. The summed E-state index contributed by atoms with van der Waals surface area (Å²) in [5, 5.41) is 6.58. The number of guanidine groups is 1. The number of aromatic nitrogens is 1. The van der Waals surface area contributed by atoms with Gasteiger partial charge in [0.05, 0.1) is 12.1 Å². The number of aliphatic imine (C=N–C) groups is 1. The molecule has 1 aliphatic heterocycles. The van der Waals surface area contributed by atoms with Crippen LogP contribution in [0.4, 0.5) is 13.2 Å². The Morgan fingerprint density at radius 1 is 1.31 bits per heavy atom. The van der Waals surface area contributed by atoms with Crippen molar-refractivity contribution in [3.63, 3.8) is 0 Å². The van der Waals surface area contributed by atoms with Gasteiger partial charge in [-0.25, -0.2) is 4.98 Å². The van der Waals surface area contributed by atoms with Crippen LogP contribution in [0.2, 0.25) is 0 Å². The largest absolute Gasteiger partial charge is 0.476 e. The maximum atomic E-state index is 12.5. The third kappa shape index (κ3) is 9.37. The second-order valence-electron chi connectivity index (χ2n) is 7.34. The minimum atomic E-state index is -4.39. The van der Waals surface area contributed by atoms with Gasteiger partial charge in [0.15, 0.2) is 5.96 Å². The quantitative estimate of drug-likeness (QED) is 0.246. The topological polar surface area (TPSA) is 61.8 Å². The van der Waals surface area contributed by atoms with E-state index >= 15 is 0 Å². The molecule has 0 spiro atoms. The Kier molecular flexibility index (Phi) is 11.0. The van der Waals surface area contributed by atoms with Gasteiger partial charge < -0.3 is 20.3 Å². The molecule has 6 nitrogen and oxygen atoms in total. The molecule has 1 fully saturated rings. The van der Waals surface area contributed by atoms with Gasteiger partial charge in [-0.05, 0) is 24.8 Å². The monoisotopic (exact) mass is 529 g/mol. The van der Waals surface area contributed by atoms with Crippen LogP contribution < -0.4 is 15.4 Å². The Labute approximate surface area is 187 Å². The summed E-state index contributed by atoms with van der Waals surface area (Å²) in [7, 11) is 1.71. The number of rotatable bonds is 7. The molecule has 0 radical (unpaired) electrons. The molecule has 0 atom stereocenters. The van der Waals surface area contributed by atoms with Crippen LogP contribution in [0.3, 0.4) is 0 Å². The summed E-state index contributed by atoms with van der Waals surface area (Å²) in [6.07, 6.45) is -1.48. The van der Waals surface area contributed by atoms with E-state index in [1.54, 1.807) is 7.05 Å². The maximum Gasteiger partial charge on any atom is 0.417 e. The first-order valence-corrected chi connectivity index (χ1v) is 9.63. The van der Waals surface area contributed by atoms with Crippen molar-refractivity contribution in [3.8, 4) is 5.88 Å². The zero-order chi connectivity index (χ0) is 20.6. The molecule has 2 rings (SSSR count). The van der Waals surface area contributed by atoms with Crippen molar-refractivity contribution in [2.75, 3.05) is 39.8 Å². The van der Waals surface area contributed by atoms with Crippen molar-refractivity contribution in [2.45, 2.75) is 38.9 Å². The Morgan fingerprint density at radius 3 is 2.52 bits per heavy atom. The van der Waals surface area contributed by atoms with Crippen molar-refractivity contribution in [3.05, 3.63) is 23.9 Å². The number of nitrogens with zero attached hydrogens (tertiary/aromatic N) is 3. The third-order valence-electron chi connectivity index (χ3n) is 4.48. The molecule has 1 aliphatic rings. The zero-order valence-corrected chi connectivity index (χ0v) is 19.5. The Balaban J connectivity index is 0.00000420. The highest BCUT2D eigenvalue weighted by molar-refractivity contribution is 14.0. The van der Waals surface area contributed by atoms with Crippen LogP contribution in [0.1, 0.15) is 32.3 Å². The number of piperidine rings is 1. The molecule has 0 amide bonds. The fourth-order valence-corrected chi connectivity index (χ4v) is 3.12. The summed E-state index contributed by atoms with van der Waals surface area (Å²) in [6, 6.07) is 2.56. The molecule has 0 saturated carbocycles. The Hall–Kier alpha value is -1.30. The predicted molar refractivity (Wildman–Crippen MR) is 119 cm³/mol. The van der Waals surface area contributed by atoms with Crippen LogP contribution in [0.25, 0.3) is 0 Å². The third-order valence-corrected chi connectivity index (χ3v) is 4.48. The minimum Gasteiger partial charge on any atom is -0.476 e. The first-order valence-electron chi connectivity index (χ1n) is 9.63. The molecule has 0 aliphatic carbocycles. The van der Waals surface area contributed by atoms with E-state index in [1.165, 1.54) is 6.07 Å². The number of ether oxygens (including phenoxy) is 1. The molecule has 0 aromatic carbocycles. The van der Waals surface area contributed by atoms with Crippen LogP contribution in [0.5, 0.6) is 5.88 Å². The summed E-state index contributed by atoms with van der Waals surface area (Å²) >= 11 is 0. The van der Waals surface area contributed by atoms with Crippen LogP contribution in [0, 0.1) is 5.92 Å². The van der Waals surface area contributed by atoms with Crippen molar-refractivity contribution in [1.29, 1.82) is 0 Å². The molecule has 0 bridgehead atoms. The number of likely N-dealkylation sites (tertiary alicyclic amines) is 1. The van der Waals surface area contributed by atoms with Gasteiger partial charge in [0.2, 0.25) is 5.88 Å². The van der Waals surface area contributed by atoms with E-state index in [1.807, 2.05) is 0 Å². The first kappa shape index (κ1) is 25.7. The highest BCUT2D eigenvalue weighted by Gasteiger charge is 2.30. The van der Waals surface area contributed by atoms with E-state index in [0.29, 0.717) is 24.5 Å². The number of hydrogen-bond donors (Lipinski definition) is 2. The summed E-state index contributed by atoms with van der Waals surface area (Å²) in [5.41, 5.74) is -0.790. The minimum absolute atomic E-state index is 0. The number of pyridine rings is 1. The molecule has 166 valence electrons. The van der Waals surface area contributed by atoms with Crippen molar-refractivity contribution in [1.82, 2.24) is 20.5 Å². The maximum absolute atomic E-state index is 12.5. The molecule has 2 heterocycles. The van der Waals surface area contributed by atoms with Gasteiger partial charge in [-0.1, -0.05) is 13.8 Å². The molecule has 29 heavy (non-hydrogen) atoms. The van der Waals surface area contributed by atoms with Gasteiger partial charge in [-0.3, -0.25) is 4.99 Å².